The lowest BCUT2D eigenvalue weighted by Gasteiger charge is -2.10. The van der Waals surface area contributed by atoms with Crippen molar-refractivity contribution in [3.8, 4) is 11.5 Å². The SMILES string of the molecule is CS(=O)(=O)c1ccc(Oc2ccc(NC(=O)NCCc3ccc(F)cc3F)cc2)cc1. The maximum atomic E-state index is 13.6. The number of anilines is 1. The topological polar surface area (TPSA) is 84.5 Å². The first-order chi connectivity index (χ1) is 14.7. The molecule has 0 aliphatic heterocycles. The number of urea groups is 1. The summed E-state index contributed by atoms with van der Waals surface area (Å²) in [5.41, 5.74) is 0.831. The van der Waals surface area contributed by atoms with Crippen molar-refractivity contribution >= 4 is 21.6 Å². The molecule has 2 amide bonds. The van der Waals surface area contributed by atoms with Crippen molar-refractivity contribution < 1.29 is 26.7 Å². The zero-order valence-electron chi connectivity index (χ0n) is 16.6. The van der Waals surface area contributed by atoms with Gasteiger partial charge in [-0.25, -0.2) is 22.0 Å². The fourth-order valence-electron chi connectivity index (χ4n) is 2.71. The summed E-state index contributed by atoms with van der Waals surface area (Å²) in [6.45, 7) is 0.180. The molecule has 0 bridgehead atoms. The fourth-order valence-corrected chi connectivity index (χ4v) is 3.34. The van der Waals surface area contributed by atoms with Crippen LogP contribution in [0.25, 0.3) is 0 Å². The molecule has 0 aromatic heterocycles. The van der Waals surface area contributed by atoms with Gasteiger partial charge in [-0.1, -0.05) is 6.07 Å². The van der Waals surface area contributed by atoms with E-state index in [9.17, 15) is 22.0 Å². The second kappa shape index (κ2) is 9.57. The van der Waals surface area contributed by atoms with Crippen LogP contribution in [0.2, 0.25) is 0 Å². The lowest BCUT2D eigenvalue weighted by molar-refractivity contribution is 0.252. The molecule has 9 heteroatoms. The van der Waals surface area contributed by atoms with Crippen LogP contribution >= 0.6 is 0 Å². The lowest BCUT2D eigenvalue weighted by Crippen LogP contribution is -2.30. The van der Waals surface area contributed by atoms with Crippen LogP contribution in [0.3, 0.4) is 0 Å². The Balaban J connectivity index is 1.49. The molecule has 0 aliphatic carbocycles. The molecule has 31 heavy (non-hydrogen) atoms. The van der Waals surface area contributed by atoms with Gasteiger partial charge in [0.2, 0.25) is 0 Å². The third-order valence-corrected chi connectivity index (χ3v) is 5.42. The number of benzene rings is 3. The number of hydrogen-bond donors (Lipinski definition) is 2. The fraction of sp³-hybridized carbons (Fsp3) is 0.136. The predicted octanol–water partition coefficient (Wildman–Crippen LogP) is 4.52. The first-order valence-corrected chi connectivity index (χ1v) is 11.2. The van der Waals surface area contributed by atoms with Crippen LogP contribution < -0.4 is 15.4 Å². The lowest BCUT2D eigenvalue weighted by atomic mass is 10.1. The molecule has 0 saturated carbocycles. The van der Waals surface area contributed by atoms with E-state index in [-0.39, 0.29) is 17.9 Å². The van der Waals surface area contributed by atoms with E-state index < -0.39 is 27.5 Å². The minimum absolute atomic E-state index is 0.180. The highest BCUT2D eigenvalue weighted by Gasteiger charge is 2.08. The zero-order chi connectivity index (χ0) is 22.4. The highest BCUT2D eigenvalue weighted by atomic mass is 32.2. The van der Waals surface area contributed by atoms with E-state index >= 15 is 0 Å². The largest absolute Gasteiger partial charge is 0.457 e. The van der Waals surface area contributed by atoms with Gasteiger partial charge in [0.25, 0.3) is 0 Å². The van der Waals surface area contributed by atoms with E-state index in [0.29, 0.717) is 22.7 Å². The minimum Gasteiger partial charge on any atom is -0.457 e. The molecule has 0 heterocycles. The number of sulfone groups is 1. The number of nitrogens with one attached hydrogen (secondary N) is 2. The molecule has 0 atom stereocenters. The molecular formula is C22H20F2N2O4S. The van der Waals surface area contributed by atoms with E-state index in [0.717, 1.165) is 12.3 Å². The van der Waals surface area contributed by atoms with E-state index in [4.69, 9.17) is 4.74 Å². The molecule has 3 rings (SSSR count). The molecule has 3 aromatic carbocycles. The Morgan fingerprint density at radius 3 is 2.13 bits per heavy atom. The number of halogens is 2. The molecule has 162 valence electrons. The molecule has 0 unspecified atom stereocenters. The summed E-state index contributed by atoms with van der Waals surface area (Å²) in [6, 6.07) is 15.5. The molecule has 2 N–H and O–H groups in total. The number of carbonyl (C=O) groups is 1. The summed E-state index contributed by atoms with van der Waals surface area (Å²) < 4.78 is 55.1. The molecule has 0 spiro atoms. The number of rotatable bonds is 7. The Bertz CT molecular complexity index is 1170. The van der Waals surface area contributed by atoms with Crippen LogP contribution in [0.5, 0.6) is 11.5 Å². The number of amides is 2. The van der Waals surface area contributed by atoms with Crippen molar-refractivity contribution in [3.05, 3.63) is 83.9 Å². The highest BCUT2D eigenvalue weighted by Crippen LogP contribution is 2.24. The van der Waals surface area contributed by atoms with E-state index in [1.807, 2.05) is 0 Å². The summed E-state index contributed by atoms with van der Waals surface area (Å²) in [6.07, 6.45) is 1.36. The molecule has 0 radical (unpaired) electrons. The van der Waals surface area contributed by atoms with Crippen molar-refractivity contribution in [2.24, 2.45) is 0 Å². The van der Waals surface area contributed by atoms with Gasteiger partial charge in [0, 0.05) is 24.6 Å². The highest BCUT2D eigenvalue weighted by molar-refractivity contribution is 7.90. The maximum Gasteiger partial charge on any atom is 0.319 e. The normalized spacial score (nSPS) is 11.1. The Labute approximate surface area is 178 Å². The standard InChI is InChI=1S/C22H20F2N2O4S/c1-31(28,29)20-10-8-19(9-11-20)30-18-6-4-17(5-7-18)26-22(27)25-13-12-15-2-3-16(23)14-21(15)24/h2-11,14H,12-13H2,1H3,(H2,25,26,27). The van der Waals surface area contributed by atoms with Crippen LogP contribution in [0.1, 0.15) is 5.56 Å². The van der Waals surface area contributed by atoms with Gasteiger partial charge >= 0.3 is 6.03 Å². The van der Waals surface area contributed by atoms with Gasteiger partial charge in [-0.15, -0.1) is 0 Å². The van der Waals surface area contributed by atoms with E-state index in [1.54, 1.807) is 36.4 Å². The van der Waals surface area contributed by atoms with E-state index in [1.165, 1.54) is 24.3 Å². The third kappa shape index (κ3) is 6.51. The van der Waals surface area contributed by atoms with Crippen molar-refractivity contribution in [1.82, 2.24) is 5.32 Å². The summed E-state index contributed by atoms with van der Waals surface area (Å²) >= 11 is 0. The average molecular weight is 446 g/mol. The van der Waals surface area contributed by atoms with Crippen molar-refractivity contribution in [2.45, 2.75) is 11.3 Å². The zero-order valence-corrected chi connectivity index (χ0v) is 17.4. The summed E-state index contributed by atoms with van der Waals surface area (Å²) in [5, 5.41) is 5.24. The smallest absolute Gasteiger partial charge is 0.319 e. The second-order valence-electron chi connectivity index (χ2n) is 6.74. The second-order valence-corrected chi connectivity index (χ2v) is 8.75. The summed E-state index contributed by atoms with van der Waals surface area (Å²) in [4.78, 5) is 12.2. The van der Waals surface area contributed by atoms with Crippen LogP contribution in [0.15, 0.2) is 71.6 Å². The predicted molar refractivity (Wildman–Crippen MR) is 113 cm³/mol. The quantitative estimate of drug-likeness (QED) is 0.559. The summed E-state index contributed by atoms with van der Waals surface area (Å²) in [7, 11) is -3.27. The summed E-state index contributed by atoms with van der Waals surface area (Å²) in [5.74, 6) is -0.322. The van der Waals surface area contributed by atoms with Crippen molar-refractivity contribution in [2.75, 3.05) is 18.1 Å². The average Bonchev–Trinajstić information content (AvgIpc) is 2.71. The maximum absolute atomic E-state index is 13.6. The molecule has 0 fully saturated rings. The Kier molecular flexibility index (Phi) is 6.86. The molecule has 0 saturated heterocycles. The first kappa shape index (κ1) is 22.2. The monoisotopic (exact) mass is 446 g/mol. The number of carbonyl (C=O) groups excluding carboxylic acids is 1. The third-order valence-electron chi connectivity index (χ3n) is 4.29. The van der Waals surface area contributed by atoms with Crippen LogP contribution in [-0.2, 0) is 16.3 Å². The first-order valence-electron chi connectivity index (χ1n) is 9.27. The Morgan fingerprint density at radius 2 is 1.55 bits per heavy atom. The Morgan fingerprint density at radius 1 is 0.935 bits per heavy atom. The van der Waals surface area contributed by atoms with Gasteiger partial charge in [-0.3, -0.25) is 0 Å². The van der Waals surface area contributed by atoms with Crippen LogP contribution in [0.4, 0.5) is 19.3 Å². The molecule has 6 nitrogen and oxygen atoms in total. The van der Waals surface area contributed by atoms with Crippen LogP contribution in [0, 0.1) is 11.6 Å². The van der Waals surface area contributed by atoms with Gasteiger partial charge in [0.15, 0.2) is 9.84 Å². The van der Waals surface area contributed by atoms with Crippen molar-refractivity contribution in [3.63, 3.8) is 0 Å². The van der Waals surface area contributed by atoms with Gasteiger partial charge in [-0.2, -0.15) is 0 Å². The van der Waals surface area contributed by atoms with Gasteiger partial charge in [0.1, 0.15) is 23.1 Å². The molecule has 0 aliphatic rings. The number of hydrogen-bond acceptors (Lipinski definition) is 4. The molecule has 3 aromatic rings. The van der Waals surface area contributed by atoms with Gasteiger partial charge < -0.3 is 15.4 Å². The Hall–Kier alpha value is -3.46. The van der Waals surface area contributed by atoms with Crippen molar-refractivity contribution in [1.29, 1.82) is 0 Å². The van der Waals surface area contributed by atoms with E-state index in [2.05, 4.69) is 10.6 Å². The van der Waals surface area contributed by atoms with Gasteiger partial charge in [-0.05, 0) is 66.6 Å². The van der Waals surface area contributed by atoms with Gasteiger partial charge in [0.05, 0.1) is 4.90 Å². The van der Waals surface area contributed by atoms with Crippen LogP contribution in [-0.4, -0.2) is 27.2 Å². The number of ether oxygens (including phenoxy) is 1. The minimum atomic E-state index is -3.27. The molecular weight excluding hydrogens is 426 g/mol.